The van der Waals surface area contributed by atoms with Crippen molar-refractivity contribution in [2.75, 3.05) is 0 Å². The first-order valence-electron chi connectivity index (χ1n) is 6.81. The van der Waals surface area contributed by atoms with Gasteiger partial charge in [0.1, 0.15) is 0 Å². The average molecular weight is 213 g/mol. The van der Waals surface area contributed by atoms with Crippen molar-refractivity contribution in [1.82, 2.24) is 0 Å². The summed E-state index contributed by atoms with van der Waals surface area (Å²) in [6.45, 7) is 9.18. The van der Waals surface area contributed by atoms with Crippen LogP contribution in [0.5, 0.6) is 0 Å². The van der Waals surface area contributed by atoms with Gasteiger partial charge in [-0.2, -0.15) is 0 Å². The molecule has 0 aliphatic carbocycles. The minimum absolute atomic E-state index is 0.438. The van der Waals surface area contributed by atoms with Crippen LogP contribution < -0.4 is 5.73 Å². The summed E-state index contributed by atoms with van der Waals surface area (Å²) in [5.74, 6) is 1.76. The van der Waals surface area contributed by atoms with Gasteiger partial charge >= 0.3 is 0 Å². The summed E-state index contributed by atoms with van der Waals surface area (Å²) in [5.41, 5.74) is 5.90. The van der Waals surface area contributed by atoms with Gasteiger partial charge in [0, 0.05) is 6.04 Å². The zero-order chi connectivity index (χ0) is 11.7. The van der Waals surface area contributed by atoms with Crippen LogP contribution in [0.1, 0.15) is 72.6 Å². The van der Waals surface area contributed by atoms with Crippen LogP contribution in [0.25, 0.3) is 0 Å². The smallest absolute Gasteiger partial charge is 0.00362 e. The number of nitrogens with two attached hydrogens (primary N) is 1. The lowest BCUT2D eigenvalue weighted by Gasteiger charge is -2.13. The molecule has 0 heterocycles. The van der Waals surface area contributed by atoms with Gasteiger partial charge in [0.25, 0.3) is 0 Å². The molecular weight excluding hydrogens is 182 g/mol. The van der Waals surface area contributed by atoms with E-state index in [9.17, 15) is 0 Å². The lowest BCUT2D eigenvalue weighted by Crippen LogP contribution is -2.18. The van der Waals surface area contributed by atoms with Crippen LogP contribution in [0.2, 0.25) is 0 Å². The normalized spacial score (nSPS) is 15.6. The van der Waals surface area contributed by atoms with Gasteiger partial charge in [-0.1, -0.05) is 59.8 Å². The van der Waals surface area contributed by atoms with Crippen molar-refractivity contribution in [3.63, 3.8) is 0 Å². The minimum atomic E-state index is 0.438. The van der Waals surface area contributed by atoms with E-state index in [2.05, 4.69) is 27.7 Å². The Morgan fingerprint density at radius 1 is 0.867 bits per heavy atom. The first-order chi connectivity index (χ1) is 7.06. The zero-order valence-corrected chi connectivity index (χ0v) is 11.3. The Kier molecular flexibility index (Phi) is 9.18. The van der Waals surface area contributed by atoms with Crippen molar-refractivity contribution in [3.8, 4) is 0 Å². The second kappa shape index (κ2) is 9.21. The van der Waals surface area contributed by atoms with E-state index in [0.29, 0.717) is 6.04 Å². The van der Waals surface area contributed by atoms with Gasteiger partial charge in [0.2, 0.25) is 0 Å². The Bertz CT molecular complexity index is 131. The molecule has 0 bridgehead atoms. The van der Waals surface area contributed by atoms with Crippen LogP contribution >= 0.6 is 0 Å². The molecule has 15 heavy (non-hydrogen) atoms. The van der Waals surface area contributed by atoms with Crippen molar-refractivity contribution < 1.29 is 0 Å². The molecular formula is C14H31N. The first kappa shape index (κ1) is 15.0. The predicted octanol–water partition coefficient (Wildman–Crippen LogP) is 4.36. The number of hydrogen-bond acceptors (Lipinski definition) is 1. The third-order valence-corrected chi connectivity index (χ3v) is 3.27. The zero-order valence-electron chi connectivity index (χ0n) is 11.3. The standard InChI is InChI=1S/C14H31N/c1-5-14(15)11-7-10-13(4)9-6-8-12(2)3/h12-14H,5-11,15H2,1-4H3. The maximum absolute atomic E-state index is 5.90. The second-order valence-electron chi connectivity index (χ2n) is 5.53. The molecule has 0 aromatic carbocycles. The third kappa shape index (κ3) is 10.2. The van der Waals surface area contributed by atoms with E-state index in [0.717, 1.165) is 18.3 Å². The molecule has 0 rings (SSSR count). The van der Waals surface area contributed by atoms with Gasteiger partial charge in [-0.3, -0.25) is 0 Å². The van der Waals surface area contributed by atoms with Gasteiger partial charge in [-0.15, -0.1) is 0 Å². The maximum Gasteiger partial charge on any atom is 0.00362 e. The quantitative estimate of drug-likeness (QED) is 0.605. The van der Waals surface area contributed by atoms with E-state index in [1.54, 1.807) is 0 Å². The number of hydrogen-bond donors (Lipinski definition) is 1. The Hall–Kier alpha value is -0.0400. The Balaban J connectivity index is 3.29. The monoisotopic (exact) mass is 213 g/mol. The van der Waals surface area contributed by atoms with Crippen LogP contribution in [0, 0.1) is 11.8 Å². The molecule has 0 saturated carbocycles. The maximum atomic E-state index is 5.90. The lowest BCUT2D eigenvalue weighted by atomic mass is 9.94. The molecule has 0 aliphatic heterocycles. The van der Waals surface area contributed by atoms with Crippen molar-refractivity contribution in [1.29, 1.82) is 0 Å². The van der Waals surface area contributed by atoms with Crippen LogP contribution in [0.4, 0.5) is 0 Å². The summed E-state index contributed by atoms with van der Waals surface area (Å²) in [5, 5.41) is 0. The van der Waals surface area contributed by atoms with E-state index in [1.807, 2.05) is 0 Å². The summed E-state index contributed by atoms with van der Waals surface area (Å²) < 4.78 is 0. The molecule has 0 amide bonds. The fourth-order valence-corrected chi connectivity index (χ4v) is 1.95. The fraction of sp³-hybridized carbons (Fsp3) is 1.00. The largest absolute Gasteiger partial charge is 0.328 e. The molecule has 0 aromatic rings. The Labute approximate surface area is 96.8 Å². The highest BCUT2D eigenvalue weighted by atomic mass is 14.6. The topological polar surface area (TPSA) is 26.0 Å². The number of rotatable bonds is 9. The Morgan fingerprint density at radius 2 is 1.40 bits per heavy atom. The highest BCUT2D eigenvalue weighted by Gasteiger charge is 2.04. The summed E-state index contributed by atoms with van der Waals surface area (Å²) >= 11 is 0. The average Bonchev–Trinajstić information content (AvgIpc) is 2.17. The van der Waals surface area contributed by atoms with Gasteiger partial charge in [0.05, 0.1) is 0 Å². The third-order valence-electron chi connectivity index (χ3n) is 3.27. The SMILES string of the molecule is CCC(N)CCCC(C)CCCC(C)C. The highest BCUT2D eigenvalue weighted by Crippen LogP contribution is 2.17. The molecule has 2 N–H and O–H groups in total. The highest BCUT2D eigenvalue weighted by molar-refractivity contribution is 4.61. The van der Waals surface area contributed by atoms with Crippen LogP contribution in [0.15, 0.2) is 0 Å². The predicted molar refractivity (Wildman–Crippen MR) is 70.0 cm³/mol. The lowest BCUT2D eigenvalue weighted by molar-refractivity contribution is 0.412. The molecule has 0 spiro atoms. The molecule has 92 valence electrons. The van der Waals surface area contributed by atoms with Crippen LogP contribution in [-0.4, -0.2) is 6.04 Å². The molecule has 1 heteroatoms. The van der Waals surface area contributed by atoms with E-state index in [4.69, 9.17) is 5.73 Å². The van der Waals surface area contributed by atoms with Gasteiger partial charge in [0.15, 0.2) is 0 Å². The van der Waals surface area contributed by atoms with Crippen molar-refractivity contribution in [2.24, 2.45) is 17.6 Å². The molecule has 2 unspecified atom stereocenters. The van der Waals surface area contributed by atoms with E-state index >= 15 is 0 Å². The van der Waals surface area contributed by atoms with Crippen molar-refractivity contribution in [3.05, 3.63) is 0 Å². The summed E-state index contributed by atoms with van der Waals surface area (Å²) in [4.78, 5) is 0. The van der Waals surface area contributed by atoms with Gasteiger partial charge in [-0.25, -0.2) is 0 Å². The molecule has 2 atom stereocenters. The summed E-state index contributed by atoms with van der Waals surface area (Å²) in [7, 11) is 0. The molecule has 0 saturated heterocycles. The summed E-state index contributed by atoms with van der Waals surface area (Å²) in [6.07, 6.45) is 9.22. The molecule has 0 aliphatic rings. The first-order valence-corrected chi connectivity index (χ1v) is 6.81. The molecule has 0 fully saturated rings. The Morgan fingerprint density at radius 3 is 1.87 bits per heavy atom. The van der Waals surface area contributed by atoms with Gasteiger partial charge < -0.3 is 5.73 Å². The second-order valence-corrected chi connectivity index (χ2v) is 5.53. The molecule has 0 radical (unpaired) electrons. The van der Waals surface area contributed by atoms with Crippen LogP contribution in [-0.2, 0) is 0 Å². The van der Waals surface area contributed by atoms with Crippen molar-refractivity contribution in [2.45, 2.75) is 78.7 Å². The minimum Gasteiger partial charge on any atom is -0.328 e. The molecule has 0 aromatic heterocycles. The van der Waals surface area contributed by atoms with Crippen molar-refractivity contribution >= 4 is 0 Å². The fourth-order valence-electron chi connectivity index (χ4n) is 1.95. The van der Waals surface area contributed by atoms with E-state index in [-0.39, 0.29) is 0 Å². The summed E-state index contributed by atoms with van der Waals surface area (Å²) in [6, 6.07) is 0.438. The van der Waals surface area contributed by atoms with Gasteiger partial charge in [-0.05, 0) is 24.7 Å². The van der Waals surface area contributed by atoms with Crippen LogP contribution in [0.3, 0.4) is 0 Å². The van der Waals surface area contributed by atoms with E-state index < -0.39 is 0 Å². The van der Waals surface area contributed by atoms with E-state index in [1.165, 1.54) is 38.5 Å². The molecule has 1 nitrogen and oxygen atoms in total.